The molecule has 0 unspecified atom stereocenters. The molecule has 6 saturated heterocycles. The van der Waals surface area contributed by atoms with Crippen molar-refractivity contribution in [2.75, 3.05) is 0 Å². The summed E-state index contributed by atoms with van der Waals surface area (Å²) in [7, 11) is 0. The third-order valence-corrected chi connectivity index (χ3v) is 12.5. The summed E-state index contributed by atoms with van der Waals surface area (Å²) in [4.78, 5) is 0. The van der Waals surface area contributed by atoms with Crippen LogP contribution in [0.15, 0.2) is 24.3 Å². The second kappa shape index (κ2) is 20.3. The van der Waals surface area contributed by atoms with Crippen LogP contribution in [0.5, 0.6) is 11.5 Å². The highest BCUT2D eigenvalue weighted by molar-refractivity contribution is 5.30. The van der Waals surface area contributed by atoms with E-state index in [4.69, 9.17) is 56.8 Å². The molecule has 0 amide bonds. The molecule has 6 heterocycles. The van der Waals surface area contributed by atoms with E-state index < -0.39 is 123 Å². The molecule has 1 aromatic carbocycles. The summed E-state index contributed by atoms with van der Waals surface area (Å²) < 4.78 is 73.2. The quantitative estimate of drug-likeness (QED) is 0.177. The number of hydrogen-bond donors (Lipinski definition) is 6. The first-order valence-corrected chi connectivity index (χ1v) is 21.7. The molecule has 0 saturated carbocycles. The minimum absolute atomic E-state index is 0.112. The van der Waals surface area contributed by atoms with Crippen molar-refractivity contribution in [3.8, 4) is 11.5 Å². The van der Waals surface area contributed by atoms with Gasteiger partial charge in [0.1, 0.15) is 35.9 Å². The molecular weight excluding hydrogens is 792 g/mol. The Bertz CT molecular complexity index is 1450. The van der Waals surface area contributed by atoms with E-state index in [2.05, 4.69) is 0 Å². The van der Waals surface area contributed by atoms with Gasteiger partial charge >= 0.3 is 0 Å². The van der Waals surface area contributed by atoms with Gasteiger partial charge in [-0.05, 0) is 78.6 Å². The number of benzene rings is 1. The molecule has 0 spiro atoms. The molecule has 6 aliphatic rings. The van der Waals surface area contributed by atoms with Gasteiger partial charge in [-0.15, -0.1) is 0 Å². The van der Waals surface area contributed by atoms with Gasteiger partial charge in [-0.1, -0.05) is 0 Å². The summed E-state index contributed by atoms with van der Waals surface area (Å²) in [5.41, 5.74) is 0. The molecule has 0 aliphatic carbocycles. The van der Waals surface area contributed by atoms with Crippen LogP contribution in [0.25, 0.3) is 0 Å². The van der Waals surface area contributed by atoms with Crippen LogP contribution in [0.4, 0.5) is 0 Å². The van der Waals surface area contributed by atoms with E-state index in [0.717, 1.165) is 0 Å². The largest absolute Gasteiger partial charge is 0.508 e. The van der Waals surface area contributed by atoms with E-state index in [1.165, 1.54) is 12.1 Å². The van der Waals surface area contributed by atoms with Crippen molar-refractivity contribution in [1.29, 1.82) is 0 Å². The first-order valence-electron chi connectivity index (χ1n) is 21.7. The van der Waals surface area contributed by atoms with Crippen LogP contribution < -0.4 is 4.74 Å². The van der Waals surface area contributed by atoms with Crippen molar-refractivity contribution < 1.29 is 87.5 Å². The molecule has 7 rings (SSSR count). The Labute approximate surface area is 351 Å². The molecule has 22 atom stereocenters. The molecule has 6 aliphatic heterocycles. The van der Waals surface area contributed by atoms with Gasteiger partial charge < -0.3 is 87.5 Å². The molecule has 60 heavy (non-hydrogen) atoms. The van der Waals surface area contributed by atoms with Crippen LogP contribution in [0.1, 0.15) is 92.9 Å². The summed E-state index contributed by atoms with van der Waals surface area (Å²) in [6.07, 6.45) is -11.9. The topological polar surface area (TPSA) is 232 Å². The van der Waals surface area contributed by atoms with Gasteiger partial charge in [0.05, 0.1) is 73.2 Å². The van der Waals surface area contributed by atoms with Crippen molar-refractivity contribution in [1.82, 2.24) is 0 Å². The zero-order valence-electron chi connectivity index (χ0n) is 35.3. The molecular formula is C42H66O18. The lowest BCUT2D eigenvalue weighted by atomic mass is 9.99. The number of phenols is 1. The summed E-state index contributed by atoms with van der Waals surface area (Å²) in [6.45, 7) is 10.7. The maximum atomic E-state index is 11.2. The van der Waals surface area contributed by atoms with Gasteiger partial charge in [-0.2, -0.15) is 0 Å². The van der Waals surface area contributed by atoms with Crippen LogP contribution in [0, 0.1) is 0 Å². The number of ether oxygens (including phenoxy) is 12. The molecule has 18 heteroatoms. The van der Waals surface area contributed by atoms with Crippen molar-refractivity contribution in [3.63, 3.8) is 0 Å². The van der Waals surface area contributed by atoms with E-state index in [1.54, 1.807) is 46.8 Å². The minimum atomic E-state index is -0.952. The van der Waals surface area contributed by atoms with Gasteiger partial charge in [-0.3, -0.25) is 0 Å². The molecule has 0 radical (unpaired) electrons. The van der Waals surface area contributed by atoms with Gasteiger partial charge in [0.2, 0.25) is 6.29 Å². The second-order valence-corrected chi connectivity index (χ2v) is 17.2. The third kappa shape index (κ3) is 11.5. The number of aliphatic hydroxyl groups is 5. The van der Waals surface area contributed by atoms with E-state index >= 15 is 0 Å². The van der Waals surface area contributed by atoms with Crippen LogP contribution in [0.3, 0.4) is 0 Å². The monoisotopic (exact) mass is 858 g/mol. The van der Waals surface area contributed by atoms with E-state index in [-0.39, 0.29) is 43.6 Å². The predicted molar refractivity (Wildman–Crippen MR) is 206 cm³/mol. The lowest BCUT2D eigenvalue weighted by molar-refractivity contribution is -0.341. The van der Waals surface area contributed by atoms with E-state index in [9.17, 15) is 30.6 Å². The number of aliphatic hydroxyl groups excluding tert-OH is 5. The summed E-state index contributed by atoms with van der Waals surface area (Å²) >= 11 is 0. The highest BCUT2D eigenvalue weighted by atomic mass is 16.8. The Balaban J connectivity index is 0.844. The average molecular weight is 859 g/mol. The first-order chi connectivity index (χ1) is 28.6. The van der Waals surface area contributed by atoms with Crippen molar-refractivity contribution in [3.05, 3.63) is 24.3 Å². The summed E-state index contributed by atoms with van der Waals surface area (Å²) in [5.74, 6) is 0.611. The average Bonchev–Trinajstić information content (AvgIpc) is 3.18. The fourth-order valence-electron chi connectivity index (χ4n) is 8.92. The molecule has 1 aromatic rings. The van der Waals surface area contributed by atoms with Gasteiger partial charge in [0.25, 0.3) is 0 Å². The fraction of sp³-hybridized carbons (Fsp3) is 0.857. The lowest BCUT2D eigenvalue weighted by Gasteiger charge is -2.45. The normalized spacial score (nSPS) is 48.0. The van der Waals surface area contributed by atoms with Gasteiger partial charge in [0, 0.05) is 38.5 Å². The lowest BCUT2D eigenvalue weighted by Crippen LogP contribution is -2.56. The number of rotatable bonds is 12. The maximum absolute atomic E-state index is 11.2. The molecule has 18 nitrogen and oxygen atoms in total. The van der Waals surface area contributed by atoms with Crippen LogP contribution in [-0.4, -0.2) is 166 Å². The Morgan fingerprint density at radius 2 is 0.850 bits per heavy atom. The Morgan fingerprint density at radius 1 is 0.417 bits per heavy atom. The maximum Gasteiger partial charge on any atom is 0.202 e. The van der Waals surface area contributed by atoms with Crippen molar-refractivity contribution in [2.45, 2.75) is 228 Å². The zero-order chi connectivity index (χ0) is 42.8. The van der Waals surface area contributed by atoms with Crippen LogP contribution in [0.2, 0.25) is 0 Å². The minimum Gasteiger partial charge on any atom is -0.508 e. The Hall–Kier alpha value is -1.82. The molecule has 0 aromatic heterocycles. The summed E-state index contributed by atoms with van der Waals surface area (Å²) in [5, 5.41) is 63.7. The number of hydrogen-bond acceptors (Lipinski definition) is 18. The van der Waals surface area contributed by atoms with E-state index in [0.29, 0.717) is 31.4 Å². The van der Waals surface area contributed by atoms with Gasteiger partial charge in [0.15, 0.2) is 31.5 Å². The van der Waals surface area contributed by atoms with Crippen molar-refractivity contribution >= 4 is 0 Å². The van der Waals surface area contributed by atoms with E-state index in [1.807, 2.05) is 6.92 Å². The summed E-state index contributed by atoms with van der Waals surface area (Å²) in [6, 6.07) is 6.27. The van der Waals surface area contributed by atoms with Crippen LogP contribution in [-0.2, 0) is 52.1 Å². The third-order valence-electron chi connectivity index (χ3n) is 12.5. The first kappa shape index (κ1) is 46.2. The molecule has 6 fully saturated rings. The SMILES string of the molecule is C[C@@H]1O[C@@H](O[C@@H]2C[C@H](O[C@@H]3C[C@H](Oc4ccc(O)cc4)O[C@H](C)[C@H]3O)O[C@H](C)[C@H]2O)CC[C@@H]1O[C@H]1C[C@@H](O)[C@H](O[C@H]2C[C@@H](O)[C@H](O[C@H]3CC[C@H](O)[C@H](C)O3)[C@@H](C)O2)[C@@H](C)O1. The molecule has 342 valence electrons. The second-order valence-electron chi connectivity index (χ2n) is 17.2. The number of phenolic OH excluding ortho intramolecular Hbond substituents is 1. The Morgan fingerprint density at radius 3 is 1.43 bits per heavy atom. The highest BCUT2D eigenvalue weighted by Crippen LogP contribution is 2.36. The highest BCUT2D eigenvalue weighted by Gasteiger charge is 2.47. The molecule has 6 N–H and O–H groups in total. The smallest absolute Gasteiger partial charge is 0.202 e. The molecule has 0 bridgehead atoms. The van der Waals surface area contributed by atoms with Crippen LogP contribution >= 0.6 is 0 Å². The predicted octanol–water partition coefficient (Wildman–Crippen LogP) is 2.09. The van der Waals surface area contributed by atoms with Crippen molar-refractivity contribution in [2.24, 2.45) is 0 Å². The standard InChI is InChI=1S/C42H66O18/c1-19-27(44)11-13-34(49-19)59-41-23(5)54-36(16-29(41)46)60-42-24(6)53-35(15-28(42)45)56-30-12-14-33(50-20(30)2)57-31-18-38(52-22(4)39(31)47)58-32-17-37(51-21(3)40(32)48)55-26-9-7-25(43)8-10-26/h7-10,19-24,27-48H,11-18H2,1-6H3/t19-,20-,21+,22+,23+,24+,27-,28+,29+,30-,31+,32+,33-,34-,35-,36-,37-,38-,39+,40+,41+,42+/m0/s1. The van der Waals surface area contributed by atoms with Gasteiger partial charge in [-0.25, -0.2) is 0 Å². The zero-order valence-corrected chi connectivity index (χ0v) is 35.3. The Kier molecular flexibility index (Phi) is 15.7. The number of aromatic hydroxyl groups is 1. The fourth-order valence-corrected chi connectivity index (χ4v) is 8.92.